The number of carboxylic acid groups (broad SMARTS) is 1. The molecule has 2 rings (SSSR count). The number of carboxylic acids is 1. The Kier molecular flexibility index (Phi) is 2.04. The molecule has 1 saturated carbocycles. The summed E-state index contributed by atoms with van der Waals surface area (Å²) in [5.74, 6) is -7.54. The van der Waals surface area contributed by atoms with Crippen LogP contribution in [0.5, 0.6) is 0 Å². The van der Waals surface area contributed by atoms with Crippen molar-refractivity contribution in [1.82, 2.24) is 4.90 Å². The van der Waals surface area contributed by atoms with Crippen LogP contribution in [0, 0.1) is 5.41 Å². The molecule has 0 aromatic carbocycles. The zero-order valence-corrected chi connectivity index (χ0v) is 8.09. The van der Waals surface area contributed by atoms with Crippen LogP contribution in [0.3, 0.4) is 0 Å². The van der Waals surface area contributed by atoms with Gasteiger partial charge >= 0.3 is 18.1 Å². The number of hydrogen-bond acceptors (Lipinski definition) is 2. The lowest BCUT2D eigenvalue weighted by Crippen LogP contribution is -2.67. The second kappa shape index (κ2) is 2.88. The fourth-order valence-electron chi connectivity index (χ4n) is 2.21. The summed E-state index contributed by atoms with van der Waals surface area (Å²) in [4.78, 5) is 21.4. The predicted octanol–water partition coefficient (Wildman–Crippen LogP) is 0.869. The summed E-state index contributed by atoms with van der Waals surface area (Å²) in [6.45, 7) is -0.866. The largest absolute Gasteiger partial charge is 0.480 e. The molecule has 17 heavy (non-hydrogen) atoms. The summed E-state index contributed by atoms with van der Waals surface area (Å²) in [5, 5.41) is 8.63. The number of carbonyl (C=O) groups is 2. The SMILES string of the molecule is O=C(O)C1N(C(=O)C(F)(F)F)CC12CC2(F)F. The molecule has 1 amide bonds. The van der Waals surface area contributed by atoms with Gasteiger partial charge in [0.15, 0.2) is 0 Å². The molecule has 2 fully saturated rings. The van der Waals surface area contributed by atoms with E-state index in [1.165, 1.54) is 0 Å². The summed E-state index contributed by atoms with van der Waals surface area (Å²) in [6, 6.07) is -2.09. The third-order valence-corrected chi connectivity index (χ3v) is 3.17. The van der Waals surface area contributed by atoms with Crippen molar-refractivity contribution in [1.29, 1.82) is 0 Å². The standard InChI is InChI=1S/C8H6F5NO3/c9-7(10)1-6(7)2-14(3(6)4(15)16)5(17)8(11,12)13/h3H,1-2H2,(H,15,16). The third kappa shape index (κ3) is 1.40. The smallest absolute Gasteiger partial charge is 0.471 e. The second-order valence-electron chi connectivity index (χ2n) is 4.21. The average molecular weight is 259 g/mol. The fraction of sp³-hybridized carbons (Fsp3) is 0.750. The van der Waals surface area contributed by atoms with Gasteiger partial charge in [0, 0.05) is 13.0 Å². The van der Waals surface area contributed by atoms with Gasteiger partial charge in [-0.15, -0.1) is 0 Å². The molecule has 2 atom stereocenters. The van der Waals surface area contributed by atoms with Crippen molar-refractivity contribution >= 4 is 11.9 Å². The monoisotopic (exact) mass is 259 g/mol. The van der Waals surface area contributed by atoms with Crippen LogP contribution in [-0.2, 0) is 9.59 Å². The van der Waals surface area contributed by atoms with Crippen LogP contribution < -0.4 is 0 Å². The molecular weight excluding hydrogens is 253 g/mol. The summed E-state index contributed by atoms with van der Waals surface area (Å²) in [6.07, 6.45) is -6.04. The Balaban J connectivity index is 2.20. The number of alkyl halides is 5. The maximum absolute atomic E-state index is 12.9. The summed E-state index contributed by atoms with van der Waals surface area (Å²) in [5.41, 5.74) is -2.00. The van der Waals surface area contributed by atoms with Crippen LogP contribution in [-0.4, -0.2) is 46.6 Å². The van der Waals surface area contributed by atoms with Crippen molar-refractivity contribution in [2.45, 2.75) is 24.6 Å². The molecule has 0 radical (unpaired) electrons. The van der Waals surface area contributed by atoms with Crippen molar-refractivity contribution < 1.29 is 36.6 Å². The molecule has 4 nitrogen and oxygen atoms in total. The molecule has 2 aliphatic rings. The summed E-state index contributed by atoms with van der Waals surface area (Å²) < 4.78 is 61.9. The van der Waals surface area contributed by atoms with Gasteiger partial charge < -0.3 is 10.0 Å². The molecule has 1 aliphatic heterocycles. The minimum Gasteiger partial charge on any atom is -0.480 e. The van der Waals surface area contributed by atoms with E-state index in [1.807, 2.05) is 0 Å². The predicted molar refractivity (Wildman–Crippen MR) is 41.2 cm³/mol. The molecular formula is C8H6F5NO3. The molecule has 1 N–H and O–H groups in total. The number of likely N-dealkylation sites (tertiary alicyclic amines) is 1. The van der Waals surface area contributed by atoms with E-state index in [1.54, 1.807) is 0 Å². The van der Waals surface area contributed by atoms with Gasteiger partial charge in [-0.2, -0.15) is 13.2 Å². The first-order chi connectivity index (χ1) is 7.53. The Morgan fingerprint density at radius 1 is 1.29 bits per heavy atom. The van der Waals surface area contributed by atoms with Crippen molar-refractivity contribution in [2.75, 3.05) is 6.54 Å². The Morgan fingerprint density at radius 3 is 2.06 bits per heavy atom. The second-order valence-corrected chi connectivity index (χ2v) is 4.21. The van der Waals surface area contributed by atoms with Crippen LogP contribution in [0.15, 0.2) is 0 Å². The van der Waals surface area contributed by atoms with Crippen LogP contribution >= 0.6 is 0 Å². The first-order valence-electron chi connectivity index (χ1n) is 4.51. The highest BCUT2D eigenvalue weighted by Crippen LogP contribution is 2.68. The van der Waals surface area contributed by atoms with Crippen LogP contribution in [0.25, 0.3) is 0 Å². The van der Waals surface area contributed by atoms with Gasteiger partial charge in [0.25, 0.3) is 5.92 Å². The topological polar surface area (TPSA) is 57.6 Å². The molecule has 0 aromatic heterocycles. The lowest BCUT2D eigenvalue weighted by molar-refractivity contribution is -0.207. The maximum atomic E-state index is 12.9. The van der Waals surface area contributed by atoms with Gasteiger partial charge in [-0.1, -0.05) is 0 Å². The van der Waals surface area contributed by atoms with Crippen LogP contribution in [0.2, 0.25) is 0 Å². The van der Waals surface area contributed by atoms with Gasteiger partial charge in [-0.05, 0) is 0 Å². The molecule has 1 spiro atoms. The molecule has 0 aromatic rings. The van der Waals surface area contributed by atoms with E-state index in [2.05, 4.69) is 0 Å². The zero-order valence-electron chi connectivity index (χ0n) is 8.09. The lowest BCUT2D eigenvalue weighted by Gasteiger charge is -2.46. The number of carbonyl (C=O) groups excluding carboxylic acids is 1. The normalized spacial score (nSPS) is 34.4. The average Bonchev–Trinajstić information content (AvgIpc) is 2.63. The number of halogens is 5. The molecule has 0 bridgehead atoms. The molecule has 1 saturated heterocycles. The van der Waals surface area contributed by atoms with E-state index >= 15 is 0 Å². The third-order valence-electron chi connectivity index (χ3n) is 3.17. The first-order valence-corrected chi connectivity index (χ1v) is 4.51. The van der Waals surface area contributed by atoms with Crippen molar-refractivity contribution in [2.24, 2.45) is 5.41 Å². The van der Waals surface area contributed by atoms with E-state index in [9.17, 15) is 31.5 Å². The van der Waals surface area contributed by atoms with Gasteiger partial charge in [0.05, 0.1) is 5.41 Å². The minimum absolute atomic E-state index is 0.0662. The van der Waals surface area contributed by atoms with Gasteiger partial charge in [0.1, 0.15) is 6.04 Å². The highest BCUT2D eigenvalue weighted by atomic mass is 19.4. The Hall–Kier alpha value is -1.41. The first kappa shape index (κ1) is 12.1. The molecule has 96 valence electrons. The molecule has 1 heterocycles. The number of nitrogens with zero attached hydrogens (tertiary/aromatic N) is 1. The number of rotatable bonds is 1. The van der Waals surface area contributed by atoms with Crippen LogP contribution in [0.4, 0.5) is 22.0 Å². The maximum Gasteiger partial charge on any atom is 0.471 e. The van der Waals surface area contributed by atoms with Crippen molar-refractivity contribution in [3.63, 3.8) is 0 Å². The molecule has 1 aliphatic carbocycles. The summed E-state index contributed by atoms with van der Waals surface area (Å²) in [7, 11) is 0. The van der Waals surface area contributed by atoms with E-state index in [4.69, 9.17) is 5.11 Å². The fourth-order valence-corrected chi connectivity index (χ4v) is 2.21. The number of amides is 1. The number of hydrogen-bond donors (Lipinski definition) is 1. The van der Waals surface area contributed by atoms with Crippen molar-refractivity contribution in [3.05, 3.63) is 0 Å². The van der Waals surface area contributed by atoms with Crippen molar-refractivity contribution in [3.8, 4) is 0 Å². The quantitative estimate of drug-likeness (QED) is 0.711. The molecule has 9 heteroatoms. The Morgan fingerprint density at radius 2 is 1.76 bits per heavy atom. The zero-order chi connectivity index (χ0) is 13.2. The van der Waals surface area contributed by atoms with Gasteiger partial charge in [-0.25, -0.2) is 13.6 Å². The van der Waals surface area contributed by atoms with Crippen LogP contribution in [0.1, 0.15) is 6.42 Å². The van der Waals surface area contributed by atoms with E-state index in [-0.39, 0.29) is 4.90 Å². The summed E-state index contributed by atoms with van der Waals surface area (Å²) >= 11 is 0. The lowest BCUT2D eigenvalue weighted by atomic mass is 9.84. The minimum atomic E-state index is -5.25. The highest BCUT2D eigenvalue weighted by molar-refractivity contribution is 5.90. The Bertz CT molecular complexity index is 406. The molecule has 2 unspecified atom stereocenters. The van der Waals surface area contributed by atoms with Gasteiger partial charge in [0.2, 0.25) is 0 Å². The highest BCUT2D eigenvalue weighted by Gasteiger charge is 2.84. The van der Waals surface area contributed by atoms with E-state index in [0.717, 1.165) is 0 Å². The van der Waals surface area contributed by atoms with Gasteiger partial charge in [-0.3, -0.25) is 4.79 Å². The Labute approximate surface area is 91.0 Å². The van der Waals surface area contributed by atoms with E-state index < -0.39 is 48.4 Å². The van der Waals surface area contributed by atoms with E-state index in [0.29, 0.717) is 0 Å². The number of aliphatic carboxylic acids is 1.